The first-order valence-electron chi connectivity index (χ1n) is 8.56. The molecule has 144 valence electrons. The van der Waals surface area contributed by atoms with Gasteiger partial charge in [0.25, 0.3) is 5.91 Å². The van der Waals surface area contributed by atoms with E-state index in [-0.39, 0.29) is 24.2 Å². The summed E-state index contributed by atoms with van der Waals surface area (Å²) in [6.45, 7) is 1.72. The van der Waals surface area contributed by atoms with E-state index in [1.807, 2.05) is 35.7 Å². The van der Waals surface area contributed by atoms with E-state index in [1.165, 1.54) is 4.21 Å². The summed E-state index contributed by atoms with van der Waals surface area (Å²) in [5, 5.41) is 19.0. The Kier molecular flexibility index (Phi) is 6.83. The molecule has 3 N–H and O–H groups in total. The van der Waals surface area contributed by atoms with Crippen molar-refractivity contribution < 1.29 is 14.3 Å². The molecule has 0 bridgehead atoms. The fourth-order valence-electron chi connectivity index (χ4n) is 3.15. The summed E-state index contributed by atoms with van der Waals surface area (Å²) in [5.41, 5.74) is 1.64. The number of benzene rings is 1. The maximum atomic E-state index is 12.7. The number of aliphatic hydroxyl groups is 1. The van der Waals surface area contributed by atoms with Gasteiger partial charge in [0, 0.05) is 42.3 Å². The summed E-state index contributed by atoms with van der Waals surface area (Å²) >= 11 is 3.39. The molecule has 1 aliphatic rings. The molecule has 1 saturated heterocycles. The lowest BCUT2D eigenvalue weighted by molar-refractivity contribution is 0.0901. The molecular weight excluding hydrogens is 404 g/mol. The van der Waals surface area contributed by atoms with Crippen LogP contribution in [0.15, 0.2) is 50.4 Å². The Morgan fingerprint density at radius 1 is 1.30 bits per heavy atom. The van der Waals surface area contributed by atoms with E-state index in [4.69, 9.17) is 4.42 Å². The van der Waals surface area contributed by atoms with Gasteiger partial charge in [0.05, 0.1) is 10.3 Å². The number of furan rings is 1. The van der Waals surface area contributed by atoms with Gasteiger partial charge in [0.1, 0.15) is 5.58 Å². The number of aliphatic hydroxyl groups excluding tert-OH is 1. The number of β-amino-alcohol motifs (C(OH)–C–C–N with tert-alkyl or cyclic N) is 1. The van der Waals surface area contributed by atoms with Crippen molar-refractivity contribution in [3.05, 3.63) is 53.1 Å². The van der Waals surface area contributed by atoms with Crippen LogP contribution in [0.5, 0.6) is 0 Å². The number of hydrogen-bond donors (Lipinski definition) is 3. The number of thiophene rings is 1. The minimum absolute atomic E-state index is 0. The number of carbonyl (C=O) groups is 1. The quantitative estimate of drug-likeness (QED) is 0.528. The number of nitrogens with one attached hydrogen (secondary N) is 2. The molecule has 2 atom stereocenters. The molecule has 8 heteroatoms. The van der Waals surface area contributed by atoms with Crippen LogP contribution in [0, 0.1) is 5.92 Å². The second kappa shape index (κ2) is 9.12. The Hall–Kier alpha value is -1.51. The Bertz CT molecular complexity index is 898. The number of carbonyl (C=O) groups excluding carboxylic acids is 1. The lowest BCUT2D eigenvalue weighted by atomic mass is 10.1. The van der Waals surface area contributed by atoms with Crippen LogP contribution in [0.4, 0.5) is 0 Å². The molecule has 0 saturated carbocycles. The first-order chi connectivity index (χ1) is 12.7. The molecule has 0 aliphatic carbocycles. The first-order valence-corrected chi connectivity index (χ1v) is 10.4. The second-order valence-corrected chi connectivity index (χ2v) is 8.55. The highest BCUT2D eigenvalue weighted by Gasteiger charge is 2.27. The average molecular weight is 425 g/mol. The Labute approximate surface area is 171 Å². The van der Waals surface area contributed by atoms with E-state index in [0.717, 1.165) is 16.5 Å². The Balaban J connectivity index is 0.00000210. The molecular formula is C19H21ClN2O3S2. The fourth-order valence-corrected chi connectivity index (χ4v) is 4.96. The second-order valence-electron chi connectivity index (χ2n) is 6.32. The Morgan fingerprint density at radius 2 is 2.15 bits per heavy atom. The molecule has 1 fully saturated rings. The van der Waals surface area contributed by atoms with E-state index in [2.05, 4.69) is 16.7 Å². The molecule has 1 aliphatic heterocycles. The van der Waals surface area contributed by atoms with E-state index >= 15 is 0 Å². The molecule has 2 aromatic heterocycles. The van der Waals surface area contributed by atoms with Crippen molar-refractivity contribution in [2.75, 3.05) is 19.6 Å². The van der Waals surface area contributed by atoms with Gasteiger partial charge in [-0.2, -0.15) is 0 Å². The van der Waals surface area contributed by atoms with Gasteiger partial charge in [0.15, 0.2) is 5.76 Å². The zero-order valence-electron chi connectivity index (χ0n) is 14.5. The molecule has 5 nitrogen and oxygen atoms in total. The highest BCUT2D eigenvalue weighted by atomic mass is 35.5. The van der Waals surface area contributed by atoms with E-state index in [0.29, 0.717) is 31.1 Å². The van der Waals surface area contributed by atoms with Crippen LogP contribution in [0.3, 0.4) is 0 Å². The number of amides is 1. The van der Waals surface area contributed by atoms with Gasteiger partial charge < -0.3 is 20.2 Å². The SMILES string of the molecule is Cl.O=C(NCC1CNCC1O)c1oc2ccccc2c1CSc1cccs1. The topological polar surface area (TPSA) is 74.5 Å². The van der Waals surface area contributed by atoms with Gasteiger partial charge in [-0.05, 0) is 17.5 Å². The summed E-state index contributed by atoms with van der Waals surface area (Å²) in [4.78, 5) is 12.7. The molecule has 3 aromatic rings. The predicted octanol–water partition coefficient (Wildman–Crippen LogP) is 3.52. The van der Waals surface area contributed by atoms with E-state index in [1.54, 1.807) is 23.1 Å². The molecule has 2 unspecified atom stereocenters. The van der Waals surface area contributed by atoms with Crippen molar-refractivity contribution >= 4 is 52.4 Å². The lowest BCUT2D eigenvalue weighted by Gasteiger charge is -2.13. The maximum absolute atomic E-state index is 12.7. The van der Waals surface area contributed by atoms with Crippen LogP contribution < -0.4 is 10.6 Å². The van der Waals surface area contributed by atoms with Crippen LogP contribution in [-0.2, 0) is 5.75 Å². The van der Waals surface area contributed by atoms with Crippen LogP contribution in [0.1, 0.15) is 16.1 Å². The van der Waals surface area contributed by atoms with Gasteiger partial charge in [-0.25, -0.2) is 0 Å². The third-order valence-electron chi connectivity index (χ3n) is 4.59. The zero-order valence-corrected chi connectivity index (χ0v) is 17.0. The number of halogens is 1. The van der Waals surface area contributed by atoms with E-state index in [9.17, 15) is 9.90 Å². The summed E-state index contributed by atoms with van der Waals surface area (Å²) in [6.07, 6.45) is -0.417. The molecule has 0 spiro atoms. The third-order valence-corrected chi connectivity index (χ3v) is 6.74. The molecule has 1 amide bonds. The van der Waals surface area contributed by atoms with Crippen molar-refractivity contribution in [3.63, 3.8) is 0 Å². The number of para-hydroxylation sites is 1. The molecule has 27 heavy (non-hydrogen) atoms. The van der Waals surface area contributed by atoms with Crippen molar-refractivity contribution in [3.8, 4) is 0 Å². The highest BCUT2D eigenvalue weighted by molar-refractivity contribution is 8.00. The number of hydrogen-bond acceptors (Lipinski definition) is 6. The summed E-state index contributed by atoms with van der Waals surface area (Å²) < 4.78 is 7.08. The van der Waals surface area contributed by atoms with Gasteiger partial charge in [-0.1, -0.05) is 24.3 Å². The van der Waals surface area contributed by atoms with Gasteiger partial charge >= 0.3 is 0 Å². The summed E-state index contributed by atoms with van der Waals surface area (Å²) in [6, 6.07) is 11.8. The highest BCUT2D eigenvalue weighted by Crippen LogP contribution is 2.33. The summed E-state index contributed by atoms with van der Waals surface area (Å²) in [7, 11) is 0. The molecule has 3 heterocycles. The van der Waals surface area contributed by atoms with Gasteiger partial charge in [-0.15, -0.1) is 35.5 Å². The number of fused-ring (bicyclic) bond motifs is 1. The first kappa shape index (κ1) is 20.2. The fraction of sp³-hybridized carbons (Fsp3) is 0.316. The van der Waals surface area contributed by atoms with Crippen molar-refractivity contribution in [2.24, 2.45) is 5.92 Å². The smallest absolute Gasteiger partial charge is 0.287 e. The monoisotopic (exact) mass is 424 g/mol. The minimum Gasteiger partial charge on any atom is -0.451 e. The number of rotatable bonds is 6. The largest absolute Gasteiger partial charge is 0.451 e. The number of thioether (sulfide) groups is 1. The third kappa shape index (κ3) is 4.50. The Morgan fingerprint density at radius 3 is 2.89 bits per heavy atom. The lowest BCUT2D eigenvalue weighted by Crippen LogP contribution is -2.34. The van der Waals surface area contributed by atoms with Crippen molar-refractivity contribution in [2.45, 2.75) is 16.1 Å². The maximum Gasteiger partial charge on any atom is 0.287 e. The summed E-state index contributed by atoms with van der Waals surface area (Å²) in [5.74, 6) is 0.860. The molecule has 0 radical (unpaired) electrons. The van der Waals surface area contributed by atoms with Crippen LogP contribution in [0.2, 0.25) is 0 Å². The van der Waals surface area contributed by atoms with Crippen molar-refractivity contribution in [1.29, 1.82) is 0 Å². The molecule has 1 aromatic carbocycles. The minimum atomic E-state index is -0.417. The van der Waals surface area contributed by atoms with Gasteiger partial charge in [-0.3, -0.25) is 4.79 Å². The predicted molar refractivity (Wildman–Crippen MR) is 112 cm³/mol. The average Bonchev–Trinajstić information content (AvgIpc) is 3.38. The standard InChI is InChI=1S/C19H20N2O3S2.ClH/c22-15-10-20-8-12(15)9-21-19(23)18-14(11-26-17-6-3-7-25-17)13-4-1-2-5-16(13)24-18;/h1-7,12,15,20,22H,8-11H2,(H,21,23);1H. The van der Waals surface area contributed by atoms with Gasteiger partial charge in [0.2, 0.25) is 0 Å². The van der Waals surface area contributed by atoms with Crippen LogP contribution >= 0.6 is 35.5 Å². The van der Waals surface area contributed by atoms with Crippen molar-refractivity contribution in [1.82, 2.24) is 10.6 Å². The van der Waals surface area contributed by atoms with E-state index < -0.39 is 6.10 Å². The molecule has 4 rings (SSSR count). The van der Waals surface area contributed by atoms with Crippen LogP contribution in [-0.4, -0.2) is 36.8 Å². The zero-order chi connectivity index (χ0) is 17.9. The normalized spacial score (nSPS) is 19.1. The van der Waals surface area contributed by atoms with Crippen LogP contribution in [0.25, 0.3) is 11.0 Å².